The molecule has 0 amide bonds. The first-order valence-electron chi connectivity index (χ1n) is 9.03. The van der Waals surface area contributed by atoms with Crippen LogP contribution in [0, 0.1) is 17.1 Å². The molecule has 0 atom stereocenters. The van der Waals surface area contributed by atoms with Crippen molar-refractivity contribution >= 4 is 40.0 Å². The van der Waals surface area contributed by atoms with Gasteiger partial charge in [-0.2, -0.15) is 5.26 Å². The summed E-state index contributed by atoms with van der Waals surface area (Å²) in [4.78, 5) is 4.15. The molecule has 28 heavy (non-hydrogen) atoms. The van der Waals surface area contributed by atoms with Gasteiger partial charge in [-0.1, -0.05) is 13.0 Å². The Morgan fingerprint density at radius 3 is 2.61 bits per heavy atom. The van der Waals surface area contributed by atoms with Gasteiger partial charge in [-0.3, -0.25) is 4.99 Å². The summed E-state index contributed by atoms with van der Waals surface area (Å²) in [6.07, 6.45) is 1.99. The van der Waals surface area contributed by atoms with Crippen molar-refractivity contribution in [3.63, 3.8) is 0 Å². The lowest BCUT2D eigenvalue weighted by Gasteiger charge is -2.32. The van der Waals surface area contributed by atoms with E-state index in [0.717, 1.165) is 0 Å². The Hall–Kier alpha value is -1.45. The van der Waals surface area contributed by atoms with E-state index in [9.17, 15) is 12.8 Å². The summed E-state index contributed by atoms with van der Waals surface area (Å²) in [6, 6.07) is 6.37. The van der Waals surface area contributed by atoms with E-state index in [2.05, 4.69) is 15.6 Å². The zero-order valence-corrected chi connectivity index (χ0v) is 19.3. The van der Waals surface area contributed by atoms with E-state index in [-0.39, 0.29) is 47.9 Å². The lowest BCUT2D eigenvalue weighted by atomic mass is 10.1. The van der Waals surface area contributed by atoms with Gasteiger partial charge in [0, 0.05) is 38.3 Å². The molecule has 2 N–H and O–H groups in total. The number of sulfonamides is 1. The second-order valence-electron chi connectivity index (χ2n) is 6.48. The van der Waals surface area contributed by atoms with E-state index in [0.29, 0.717) is 43.9 Å². The summed E-state index contributed by atoms with van der Waals surface area (Å²) in [6.45, 7) is 3.07. The van der Waals surface area contributed by atoms with Gasteiger partial charge >= 0.3 is 0 Å². The molecule has 0 aliphatic carbocycles. The maximum Gasteiger partial charge on any atom is 0.214 e. The number of guanidine groups is 1. The molecule has 1 aliphatic heterocycles. The van der Waals surface area contributed by atoms with Crippen molar-refractivity contribution < 1.29 is 12.8 Å². The van der Waals surface area contributed by atoms with Gasteiger partial charge in [0.15, 0.2) is 5.96 Å². The van der Waals surface area contributed by atoms with Crippen LogP contribution in [-0.4, -0.2) is 50.6 Å². The normalized spacial score (nSPS) is 16.1. The largest absolute Gasteiger partial charge is 0.354 e. The Morgan fingerprint density at radius 2 is 2.07 bits per heavy atom. The molecular formula is C18H27FIN5O2S. The number of hydrogen-bond acceptors (Lipinski definition) is 4. The average Bonchev–Trinajstić information content (AvgIpc) is 2.66. The highest BCUT2D eigenvalue weighted by molar-refractivity contribution is 14.0. The molecule has 10 heteroatoms. The second-order valence-corrected chi connectivity index (χ2v) is 8.57. The third-order valence-electron chi connectivity index (χ3n) is 4.50. The van der Waals surface area contributed by atoms with Gasteiger partial charge in [0.05, 0.1) is 17.4 Å². The maximum absolute atomic E-state index is 14.0. The van der Waals surface area contributed by atoms with E-state index < -0.39 is 15.8 Å². The standard InChI is InChI=1S/C18H26FN5O2S.HI/c1-3-10-27(25,26)24-8-6-16(7-9-24)23-18(21-2)22-13-15-5-4-14(12-20)11-17(15)19;/h4-5,11,16H,3,6-10,13H2,1-2H3,(H2,21,22,23);1H. The molecule has 7 nitrogen and oxygen atoms in total. The highest BCUT2D eigenvalue weighted by atomic mass is 127. The van der Waals surface area contributed by atoms with Gasteiger partial charge in [-0.15, -0.1) is 24.0 Å². The minimum Gasteiger partial charge on any atom is -0.354 e. The number of benzene rings is 1. The number of halogens is 2. The van der Waals surface area contributed by atoms with Crippen LogP contribution in [0.5, 0.6) is 0 Å². The summed E-state index contributed by atoms with van der Waals surface area (Å²) in [5.41, 5.74) is 0.723. The number of hydrogen-bond donors (Lipinski definition) is 2. The van der Waals surface area contributed by atoms with Crippen LogP contribution in [0.2, 0.25) is 0 Å². The van der Waals surface area contributed by atoms with Crippen LogP contribution in [0.1, 0.15) is 37.3 Å². The van der Waals surface area contributed by atoms with Crippen LogP contribution in [-0.2, 0) is 16.6 Å². The van der Waals surface area contributed by atoms with E-state index in [1.54, 1.807) is 23.5 Å². The van der Waals surface area contributed by atoms with Crippen LogP contribution in [0.15, 0.2) is 23.2 Å². The molecule has 1 aromatic carbocycles. The minimum absolute atomic E-state index is 0. The summed E-state index contributed by atoms with van der Waals surface area (Å²) < 4.78 is 39.7. The van der Waals surface area contributed by atoms with Crippen molar-refractivity contribution in [3.8, 4) is 6.07 Å². The lowest BCUT2D eigenvalue weighted by Crippen LogP contribution is -2.49. The number of piperidine rings is 1. The van der Waals surface area contributed by atoms with Crippen molar-refractivity contribution in [2.24, 2.45) is 4.99 Å². The molecule has 0 bridgehead atoms. The summed E-state index contributed by atoms with van der Waals surface area (Å²) in [5.74, 6) is 0.282. The fraction of sp³-hybridized carbons (Fsp3) is 0.556. The third kappa shape index (κ3) is 6.86. The average molecular weight is 523 g/mol. The van der Waals surface area contributed by atoms with Crippen LogP contribution >= 0.6 is 24.0 Å². The van der Waals surface area contributed by atoms with E-state index in [1.165, 1.54) is 6.07 Å². The highest BCUT2D eigenvalue weighted by Gasteiger charge is 2.27. The first-order chi connectivity index (χ1) is 12.9. The van der Waals surface area contributed by atoms with Crippen molar-refractivity contribution in [2.75, 3.05) is 25.9 Å². The van der Waals surface area contributed by atoms with Crippen LogP contribution in [0.3, 0.4) is 0 Å². The van der Waals surface area contributed by atoms with Gasteiger partial charge in [0.25, 0.3) is 0 Å². The molecule has 2 rings (SSSR count). The molecule has 1 heterocycles. The molecule has 0 radical (unpaired) electrons. The predicted octanol–water partition coefficient (Wildman–Crippen LogP) is 2.18. The van der Waals surface area contributed by atoms with Gasteiger partial charge < -0.3 is 10.6 Å². The van der Waals surface area contributed by atoms with Crippen LogP contribution in [0.25, 0.3) is 0 Å². The molecule has 0 aromatic heterocycles. The number of nitrogens with zero attached hydrogens (tertiary/aromatic N) is 3. The number of nitriles is 1. The van der Waals surface area contributed by atoms with Gasteiger partial charge in [0.2, 0.25) is 10.0 Å². The molecule has 156 valence electrons. The summed E-state index contributed by atoms with van der Waals surface area (Å²) in [5, 5.41) is 15.1. The summed E-state index contributed by atoms with van der Waals surface area (Å²) in [7, 11) is -1.52. The molecule has 1 saturated heterocycles. The third-order valence-corrected chi connectivity index (χ3v) is 6.58. The number of aliphatic imine (C=N–C) groups is 1. The molecule has 0 saturated carbocycles. The number of nitrogens with one attached hydrogen (secondary N) is 2. The Kier molecular flexibility index (Phi) is 10.1. The monoisotopic (exact) mass is 523 g/mol. The van der Waals surface area contributed by atoms with Crippen LogP contribution < -0.4 is 10.6 Å². The fourth-order valence-electron chi connectivity index (χ4n) is 2.99. The molecule has 0 unspecified atom stereocenters. The minimum atomic E-state index is -3.15. The zero-order chi connectivity index (χ0) is 19.9. The van der Waals surface area contributed by atoms with Crippen molar-refractivity contribution in [3.05, 3.63) is 35.1 Å². The highest BCUT2D eigenvalue weighted by Crippen LogP contribution is 2.15. The van der Waals surface area contributed by atoms with E-state index in [4.69, 9.17) is 5.26 Å². The van der Waals surface area contributed by atoms with Crippen molar-refractivity contribution in [1.29, 1.82) is 5.26 Å². The molecule has 1 aromatic rings. The van der Waals surface area contributed by atoms with E-state index >= 15 is 0 Å². The smallest absolute Gasteiger partial charge is 0.214 e. The molecule has 0 spiro atoms. The van der Waals surface area contributed by atoms with Gasteiger partial charge in [-0.05, 0) is 31.4 Å². The van der Waals surface area contributed by atoms with Crippen molar-refractivity contribution in [1.82, 2.24) is 14.9 Å². The predicted molar refractivity (Wildman–Crippen MR) is 119 cm³/mol. The SMILES string of the molecule is CCCS(=O)(=O)N1CCC(NC(=NC)NCc2ccc(C#N)cc2F)CC1.I. The molecular weight excluding hydrogens is 496 g/mol. The fourth-order valence-corrected chi connectivity index (χ4v) is 4.53. The molecule has 1 fully saturated rings. The Labute approximate surface area is 183 Å². The van der Waals surface area contributed by atoms with Crippen molar-refractivity contribution in [2.45, 2.75) is 38.8 Å². The van der Waals surface area contributed by atoms with Gasteiger partial charge in [-0.25, -0.2) is 17.1 Å². The first-order valence-corrected chi connectivity index (χ1v) is 10.6. The molecule has 1 aliphatic rings. The quantitative estimate of drug-likeness (QED) is 0.339. The van der Waals surface area contributed by atoms with E-state index in [1.807, 2.05) is 13.0 Å². The topological polar surface area (TPSA) is 97.6 Å². The lowest BCUT2D eigenvalue weighted by molar-refractivity contribution is 0.306. The first kappa shape index (κ1) is 24.6. The number of rotatable bonds is 6. The Balaban J connectivity index is 0.00000392. The zero-order valence-electron chi connectivity index (χ0n) is 16.1. The van der Waals surface area contributed by atoms with Crippen LogP contribution in [0.4, 0.5) is 4.39 Å². The second kappa shape index (κ2) is 11.5. The summed E-state index contributed by atoms with van der Waals surface area (Å²) >= 11 is 0. The van der Waals surface area contributed by atoms with Gasteiger partial charge in [0.1, 0.15) is 5.82 Å². The maximum atomic E-state index is 14.0. The Bertz CT molecular complexity index is 818. The Morgan fingerprint density at radius 1 is 1.39 bits per heavy atom.